The van der Waals surface area contributed by atoms with Gasteiger partial charge in [-0.15, -0.1) is 0 Å². The van der Waals surface area contributed by atoms with Gasteiger partial charge < -0.3 is 10.0 Å². The number of anilines is 1. The van der Waals surface area contributed by atoms with E-state index in [4.69, 9.17) is 28.3 Å². The predicted octanol–water partition coefficient (Wildman–Crippen LogP) is 1.65. The molecule has 128 valence electrons. The Morgan fingerprint density at radius 2 is 1.75 bits per heavy atom. The molecule has 1 aliphatic rings. The van der Waals surface area contributed by atoms with Crippen molar-refractivity contribution in [2.75, 3.05) is 44.2 Å². The molecule has 0 amide bonds. The molecule has 1 aliphatic heterocycles. The number of β-amino-alcohol motifs (C(OH)–C–C–N with tert-alkyl or cyclic N) is 1. The Kier molecular flexibility index (Phi) is 5.40. The zero-order valence-electron chi connectivity index (χ0n) is 13.0. The summed E-state index contributed by atoms with van der Waals surface area (Å²) in [6, 6.07) is 6.85. The highest BCUT2D eigenvalue weighted by molar-refractivity contribution is 6.33. The Balaban J connectivity index is 1.83. The largest absolute Gasteiger partial charge is 0.395 e. The van der Waals surface area contributed by atoms with Crippen molar-refractivity contribution in [3.63, 3.8) is 0 Å². The molecule has 0 bridgehead atoms. The highest BCUT2D eigenvalue weighted by atomic mass is 35.5. The molecule has 1 fully saturated rings. The predicted molar refractivity (Wildman–Crippen MR) is 95.6 cm³/mol. The SMILES string of the molecule is O=c1c(Cl)c(N2CCN(CCO)CC2)cnn1-c1ccc(Cl)cc1. The van der Waals surface area contributed by atoms with E-state index in [1.807, 2.05) is 0 Å². The minimum Gasteiger partial charge on any atom is -0.395 e. The number of hydrogen-bond donors (Lipinski definition) is 1. The average Bonchev–Trinajstić information content (AvgIpc) is 2.59. The van der Waals surface area contributed by atoms with Gasteiger partial charge in [0.15, 0.2) is 0 Å². The topological polar surface area (TPSA) is 61.6 Å². The molecule has 0 unspecified atom stereocenters. The van der Waals surface area contributed by atoms with Crippen LogP contribution in [0.3, 0.4) is 0 Å². The Labute approximate surface area is 149 Å². The van der Waals surface area contributed by atoms with E-state index in [0.29, 0.717) is 22.9 Å². The molecule has 2 aromatic rings. The second-order valence-corrected chi connectivity index (χ2v) is 6.40. The van der Waals surface area contributed by atoms with Gasteiger partial charge in [0.05, 0.1) is 24.2 Å². The fourth-order valence-electron chi connectivity index (χ4n) is 2.76. The monoisotopic (exact) mass is 368 g/mol. The number of piperazine rings is 1. The highest BCUT2D eigenvalue weighted by Crippen LogP contribution is 2.23. The van der Waals surface area contributed by atoms with Gasteiger partial charge in [-0.2, -0.15) is 9.78 Å². The molecule has 0 aliphatic carbocycles. The van der Waals surface area contributed by atoms with E-state index >= 15 is 0 Å². The number of aromatic nitrogens is 2. The van der Waals surface area contributed by atoms with E-state index in [2.05, 4.69) is 14.9 Å². The number of hydrogen-bond acceptors (Lipinski definition) is 5. The van der Waals surface area contributed by atoms with Crippen LogP contribution in [0.2, 0.25) is 10.0 Å². The number of benzene rings is 1. The van der Waals surface area contributed by atoms with Gasteiger partial charge in [-0.1, -0.05) is 23.2 Å². The molecule has 1 aromatic heterocycles. The smallest absolute Gasteiger partial charge is 0.292 e. The number of aliphatic hydroxyl groups excluding tert-OH is 1. The number of aliphatic hydroxyl groups is 1. The van der Waals surface area contributed by atoms with Crippen LogP contribution in [0.15, 0.2) is 35.3 Å². The molecule has 2 heterocycles. The summed E-state index contributed by atoms with van der Waals surface area (Å²) in [7, 11) is 0. The van der Waals surface area contributed by atoms with Crippen molar-refractivity contribution >= 4 is 28.9 Å². The molecule has 0 atom stereocenters. The summed E-state index contributed by atoms with van der Waals surface area (Å²) in [6.45, 7) is 3.93. The van der Waals surface area contributed by atoms with Crippen LogP contribution < -0.4 is 10.5 Å². The van der Waals surface area contributed by atoms with Crippen LogP contribution in [0, 0.1) is 0 Å². The van der Waals surface area contributed by atoms with Gasteiger partial charge in [0.25, 0.3) is 5.56 Å². The Morgan fingerprint density at radius 1 is 1.08 bits per heavy atom. The van der Waals surface area contributed by atoms with Crippen molar-refractivity contribution in [2.45, 2.75) is 0 Å². The summed E-state index contributed by atoms with van der Waals surface area (Å²) in [5.41, 5.74) is 0.912. The van der Waals surface area contributed by atoms with Crippen LogP contribution in [0.25, 0.3) is 5.69 Å². The van der Waals surface area contributed by atoms with Crippen molar-refractivity contribution in [3.05, 3.63) is 50.9 Å². The van der Waals surface area contributed by atoms with E-state index in [1.54, 1.807) is 30.5 Å². The summed E-state index contributed by atoms with van der Waals surface area (Å²) in [5, 5.41) is 14.0. The third-order valence-electron chi connectivity index (χ3n) is 4.10. The lowest BCUT2D eigenvalue weighted by Gasteiger charge is -2.35. The van der Waals surface area contributed by atoms with Gasteiger partial charge in [-0.25, -0.2) is 0 Å². The van der Waals surface area contributed by atoms with Gasteiger partial charge in [0, 0.05) is 37.7 Å². The fraction of sp³-hybridized carbons (Fsp3) is 0.375. The molecular weight excluding hydrogens is 351 g/mol. The first kappa shape index (κ1) is 17.2. The van der Waals surface area contributed by atoms with E-state index in [-0.39, 0.29) is 17.2 Å². The van der Waals surface area contributed by atoms with Crippen LogP contribution in [-0.4, -0.2) is 59.1 Å². The number of nitrogens with zero attached hydrogens (tertiary/aromatic N) is 4. The molecule has 0 saturated carbocycles. The maximum absolute atomic E-state index is 12.5. The lowest BCUT2D eigenvalue weighted by atomic mass is 10.2. The van der Waals surface area contributed by atoms with Crippen molar-refractivity contribution < 1.29 is 5.11 Å². The maximum atomic E-state index is 12.5. The van der Waals surface area contributed by atoms with Gasteiger partial charge in [0.2, 0.25) is 0 Å². The average molecular weight is 369 g/mol. The molecule has 1 saturated heterocycles. The summed E-state index contributed by atoms with van der Waals surface area (Å²) in [6.07, 6.45) is 1.63. The highest BCUT2D eigenvalue weighted by Gasteiger charge is 2.21. The first-order chi connectivity index (χ1) is 11.6. The van der Waals surface area contributed by atoms with Gasteiger partial charge >= 0.3 is 0 Å². The molecule has 6 nitrogen and oxygen atoms in total. The molecular formula is C16H18Cl2N4O2. The Hall–Kier alpha value is -1.60. The summed E-state index contributed by atoms with van der Waals surface area (Å²) in [5.74, 6) is 0. The second kappa shape index (κ2) is 7.53. The summed E-state index contributed by atoms with van der Waals surface area (Å²) >= 11 is 12.2. The summed E-state index contributed by atoms with van der Waals surface area (Å²) < 4.78 is 1.27. The molecule has 8 heteroatoms. The molecule has 24 heavy (non-hydrogen) atoms. The third kappa shape index (κ3) is 3.57. The minimum atomic E-state index is -0.353. The van der Waals surface area contributed by atoms with Crippen LogP contribution in [0.1, 0.15) is 0 Å². The first-order valence-corrected chi connectivity index (χ1v) is 8.47. The zero-order chi connectivity index (χ0) is 17.1. The quantitative estimate of drug-likeness (QED) is 0.888. The van der Waals surface area contributed by atoms with Crippen LogP contribution in [0.5, 0.6) is 0 Å². The minimum absolute atomic E-state index is 0.152. The molecule has 1 aromatic carbocycles. The summed E-state index contributed by atoms with van der Waals surface area (Å²) in [4.78, 5) is 16.8. The van der Waals surface area contributed by atoms with Crippen LogP contribution >= 0.6 is 23.2 Å². The van der Waals surface area contributed by atoms with Crippen molar-refractivity contribution in [1.82, 2.24) is 14.7 Å². The molecule has 1 N–H and O–H groups in total. The van der Waals surface area contributed by atoms with E-state index in [0.717, 1.165) is 26.2 Å². The van der Waals surface area contributed by atoms with Crippen molar-refractivity contribution in [3.8, 4) is 5.69 Å². The van der Waals surface area contributed by atoms with Gasteiger partial charge in [-0.3, -0.25) is 9.69 Å². The fourth-order valence-corrected chi connectivity index (χ4v) is 3.14. The second-order valence-electron chi connectivity index (χ2n) is 5.59. The molecule has 0 spiro atoms. The van der Waals surface area contributed by atoms with Crippen LogP contribution in [0.4, 0.5) is 5.69 Å². The molecule has 0 radical (unpaired) electrons. The lowest BCUT2D eigenvalue weighted by Crippen LogP contribution is -2.47. The van der Waals surface area contributed by atoms with E-state index in [9.17, 15) is 4.79 Å². The first-order valence-electron chi connectivity index (χ1n) is 7.72. The Bertz CT molecular complexity index is 756. The standard InChI is InChI=1S/C16H18Cl2N4O2/c17-12-1-3-13(4-2-12)22-16(24)15(18)14(11-19-22)21-7-5-20(6-8-21)9-10-23/h1-4,11,23H,5-10H2. The van der Waals surface area contributed by atoms with Crippen molar-refractivity contribution in [1.29, 1.82) is 0 Å². The lowest BCUT2D eigenvalue weighted by molar-refractivity contribution is 0.188. The third-order valence-corrected chi connectivity index (χ3v) is 4.71. The number of rotatable bonds is 4. The normalized spacial score (nSPS) is 15.7. The molecule has 3 rings (SSSR count). The van der Waals surface area contributed by atoms with E-state index < -0.39 is 0 Å². The maximum Gasteiger partial charge on any atom is 0.292 e. The van der Waals surface area contributed by atoms with Gasteiger partial charge in [-0.05, 0) is 24.3 Å². The van der Waals surface area contributed by atoms with Gasteiger partial charge in [0.1, 0.15) is 5.02 Å². The van der Waals surface area contributed by atoms with E-state index in [1.165, 1.54) is 4.68 Å². The van der Waals surface area contributed by atoms with Crippen LogP contribution in [-0.2, 0) is 0 Å². The number of halogens is 2. The Morgan fingerprint density at radius 3 is 2.38 bits per heavy atom. The zero-order valence-corrected chi connectivity index (χ0v) is 14.5. The van der Waals surface area contributed by atoms with Crippen molar-refractivity contribution in [2.24, 2.45) is 0 Å².